The normalized spacial score (nSPS) is 13.9. The molecule has 1 atom stereocenters. The summed E-state index contributed by atoms with van der Waals surface area (Å²) in [4.78, 5) is 33.8. The Bertz CT molecular complexity index is 1110. The summed E-state index contributed by atoms with van der Waals surface area (Å²) in [7, 11) is 3.21. The minimum atomic E-state index is -0.682. The van der Waals surface area contributed by atoms with Crippen LogP contribution in [-0.2, 0) is 4.74 Å². The Hall–Kier alpha value is -2.62. The number of amides is 1. The number of carbonyl (C=O) groups is 1. The van der Waals surface area contributed by atoms with E-state index in [0.29, 0.717) is 38.1 Å². The zero-order chi connectivity index (χ0) is 22.0. The monoisotopic (exact) mass is 506 g/mol. The van der Waals surface area contributed by atoms with Crippen LogP contribution in [0.25, 0.3) is 10.7 Å². The van der Waals surface area contributed by atoms with Crippen molar-refractivity contribution < 1.29 is 18.7 Å². The number of hydrogen-bond acceptors (Lipinski definition) is 9. The second-order valence-electron chi connectivity index (χ2n) is 6.85. The van der Waals surface area contributed by atoms with Crippen molar-refractivity contribution in [1.82, 2.24) is 24.8 Å². The van der Waals surface area contributed by atoms with E-state index in [0.717, 1.165) is 14.7 Å². The van der Waals surface area contributed by atoms with Crippen LogP contribution in [0.5, 0.6) is 11.8 Å². The first-order chi connectivity index (χ1) is 14.9. The molecule has 1 aliphatic rings. The molecule has 1 fully saturated rings. The molecule has 3 heterocycles. The van der Waals surface area contributed by atoms with Gasteiger partial charge in [-0.05, 0) is 0 Å². The Morgan fingerprint density at radius 3 is 2.68 bits per heavy atom. The second kappa shape index (κ2) is 9.25. The Kier molecular flexibility index (Phi) is 6.45. The van der Waals surface area contributed by atoms with E-state index >= 15 is 0 Å². The molecule has 0 aliphatic carbocycles. The van der Waals surface area contributed by atoms with Crippen LogP contribution < -0.4 is 13.4 Å². The van der Waals surface area contributed by atoms with Crippen LogP contribution in [0.15, 0.2) is 24.4 Å². The van der Waals surface area contributed by atoms with Crippen molar-refractivity contribution >= 4 is 43.8 Å². The van der Waals surface area contributed by atoms with Gasteiger partial charge in [-0.1, -0.05) is 0 Å². The van der Waals surface area contributed by atoms with Gasteiger partial charge in [0, 0.05) is 14.1 Å². The molecule has 1 aliphatic heterocycles. The molecule has 0 saturated carbocycles. The second-order valence-corrected chi connectivity index (χ2v) is 9.94. The first kappa shape index (κ1) is 21.6. The van der Waals surface area contributed by atoms with Crippen LogP contribution in [0.1, 0.15) is 10.4 Å². The Balaban J connectivity index is 1.68. The van der Waals surface area contributed by atoms with Crippen molar-refractivity contribution in [1.29, 1.82) is 0 Å². The first-order valence-electron chi connectivity index (χ1n) is 9.40. The van der Waals surface area contributed by atoms with Crippen LogP contribution >= 0.6 is 11.3 Å². The van der Waals surface area contributed by atoms with Gasteiger partial charge in [-0.25, -0.2) is 0 Å². The fourth-order valence-electron chi connectivity index (χ4n) is 2.87. The number of ether oxygens (including phenoxy) is 2. The number of nitrogens with zero attached hydrogens (tertiary/aromatic N) is 6. The van der Waals surface area contributed by atoms with E-state index in [4.69, 9.17) is 9.47 Å². The zero-order valence-corrected chi connectivity index (χ0v) is 20.1. The van der Waals surface area contributed by atoms with Gasteiger partial charge in [-0.15, -0.1) is 0 Å². The van der Waals surface area contributed by atoms with Crippen LogP contribution in [-0.4, -0.2) is 88.0 Å². The average Bonchev–Trinajstić information content (AvgIpc) is 3.21. The molecule has 0 spiro atoms. The molecule has 0 N–H and O–H groups in total. The SMILES string of the molecule is CN(C)C(=O)c1ccc(Oc2nc(-c3cnc([AsH2])s3)nc(N3CCOCC3)n2)c(F)c1. The predicted octanol–water partition coefficient (Wildman–Crippen LogP) is 0.723. The molecule has 0 radical (unpaired) electrons. The molecular weight excluding hydrogens is 486 g/mol. The molecule has 1 aromatic carbocycles. The van der Waals surface area contributed by atoms with Crippen LogP contribution in [0.2, 0.25) is 0 Å². The number of morpholine rings is 1. The Morgan fingerprint density at radius 2 is 2.03 bits per heavy atom. The number of hydrogen-bond donors (Lipinski definition) is 0. The van der Waals surface area contributed by atoms with E-state index < -0.39 is 5.82 Å². The minimum absolute atomic E-state index is 0.0337. The van der Waals surface area contributed by atoms with E-state index in [1.54, 1.807) is 20.3 Å². The number of anilines is 1. The molecule has 9 nitrogen and oxygen atoms in total. The summed E-state index contributed by atoms with van der Waals surface area (Å²) in [5.74, 6) is -0.222. The van der Waals surface area contributed by atoms with Crippen LogP contribution in [0.4, 0.5) is 10.3 Å². The third-order valence-electron chi connectivity index (χ3n) is 4.43. The van der Waals surface area contributed by atoms with Crippen molar-refractivity contribution in [3.05, 3.63) is 35.8 Å². The molecule has 1 saturated heterocycles. The third-order valence-corrected chi connectivity index (χ3v) is 6.30. The molecule has 1 unspecified atom stereocenters. The maximum atomic E-state index is 14.6. The van der Waals surface area contributed by atoms with E-state index in [-0.39, 0.29) is 23.2 Å². The number of rotatable bonds is 5. The Morgan fingerprint density at radius 1 is 1.26 bits per heavy atom. The summed E-state index contributed by atoms with van der Waals surface area (Å²) < 4.78 is 26.6. The topological polar surface area (TPSA) is 93.6 Å². The summed E-state index contributed by atoms with van der Waals surface area (Å²) in [5, 5.41) is 0. The molecule has 31 heavy (non-hydrogen) atoms. The summed E-state index contributed by atoms with van der Waals surface area (Å²) in [5.41, 5.74) is 0.224. The third kappa shape index (κ3) is 5.00. The molecule has 1 amide bonds. The fraction of sp³-hybridized carbons (Fsp3) is 0.316. The first-order valence-corrected chi connectivity index (χ1v) is 11.4. The van der Waals surface area contributed by atoms with Crippen molar-refractivity contribution in [2.75, 3.05) is 45.3 Å². The van der Waals surface area contributed by atoms with Gasteiger partial charge in [-0.2, -0.15) is 0 Å². The fourth-order valence-corrected chi connectivity index (χ4v) is 4.44. The van der Waals surface area contributed by atoms with Gasteiger partial charge in [0.15, 0.2) is 0 Å². The number of aromatic nitrogens is 4. The molecule has 12 heteroatoms. The van der Waals surface area contributed by atoms with Gasteiger partial charge in [-0.3, -0.25) is 4.79 Å². The zero-order valence-electron chi connectivity index (χ0n) is 16.9. The van der Waals surface area contributed by atoms with Crippen LogP contribution in [0.3, 0.4) is 0 Å². The number of halogens is 1. The van der Waals surface area contributed by atoms with Gasteiger partial charge in [0.1, 0.15) is 0 Å². The van der Waals surface area contributed by atoms with E-state index in [9.17, 15) is 9.18 Å². The molecule has 0 bridgehead atoms. The number of carbonyl (C=O) groups excluding carboxylic acids is 1. The number of thiazole rings is 1. The van der Waals surface area contributed by atoms with E-state index in [2.05, 4.69) is 19.9 Å². The quantitative estimate of drug-likeness (QED) is 0.468. The molecule has 3 aromatic rings. The molecular formula is C19H20AsFN6O3S. The van der Waals surface area contributed by atoms with Crippen LogP contribution in [0, 0.1) is 5.82 Å². The van der Waals surface area contributed by atoms with Gasteiger partial charge in [0.05, 0.1) is 0 Å². The van der Waals surface area contributed by atoms with Gasteiger partial charge in [0.2, 0.25) is 0 Å². The molecule has 4 rings (SSSR count). The summed E-state index contributed by atoms with van der Waals surface area (Å²) >= 11 is 2.88. The van der Waals surface area contributed by atoms with Gasteiger partial charge >= 0.3 is 167 Å². The predicted molar refractivity (Wildman–Crippen MR) is 117 cm³/mol. The molecule has 162 valence electrons. The summed E-state index contributed by atoms with van der Waals surface area (Å²) in [6, 6.07) is 4.00. The van der Waals surface area contributed by atoms with E-state index in [1.807, 2.05) is 4.90 Å². The van der Waals surface area contributed by atoms with Crippen molar-refractivity contribution in [3.63, 3.8) is 0 Å². The Labute approximate surface area is 190 Å². The van der Waals surface area contributed by atoms with Crippen molar-refractivity contribution in [2.24, 2.45) is 0 Å². The van der Waals surface area contributed by atoms with Gasteiger partial charge < -0.3 is 4.90 Å². The van der Waals surface area contributed by atoms with E-state index in [1.165, 1.54) is 45.2 Å². The maximum absolute atomic E-state index is 14.6. The molecule has 2 aromatic heterocycles. The average molecular weight is 506 g/mol. The van der Waals surface area contributed by atoms with Crippen molar-refractivity contribution in [3.8, 4) is 22.5 Å². The standard InChI is InChI=1S/C19H20AsFN6O3S/c1-26(2)16(28)11-3-4-13(12(21)9-11)30-19-24-15(14-10-22-17(20)31-14)23-18(25-19)27-5-7-29-8-6-27/h3-4,9-10H,5-8,20H2,1-2H3. The summed E-state index contributed by atoms with van der Waals surface area (Å²) in [6.45, 7) is 2.39. The number of benzene rings is 1. The van der Waals surface area contributed by atoms with Crippen molar-refractivity contribution in [2.45, 2.75) is 0 Å². The summed E-state index contributed by atoms with van der Waals surface area (Å²) in [6.07, 6.45) is 1.70. The van der Waals surface area contributed by atoms with Gasteiger partial charge in [0.25, 0.3) is 0 Å².